The maximum absolute atomic E-state index is 12.5. The van der Waals surface area contributed by atoms with E-state index < -0.39 is 0 Å². The molecule has 0 saturated carbocycles. The van der Waals surface area contributed by atoms with E-state index in [0.29, 0.717) is 31.7 Å². The van der Waals surface area contributed by atoms with E-state index in [0.717, 1.165) is 11.3 Å². The molecule has 0 aliphatic carbocycles. The zero-order valence-corrected chi connectivity index (χ0v) is 13.7. The first-order valence-corrected chi connectivity index (χ1v) is 8.38. The molecule has 0 N–H and O–H groups in total. The zero-order valence-electron chi connectivity index (χ0n) is 12.9. The second-order valence-electron chi connectivity index (χ2n) is 5.32. The molecule has 0 atom stereocenters. The topological polar surface area (TPSA) is 49.9 Å². The standard InChI is InChI=1S/C17H18N2O3S/c1-22-15-4-2-13(3-5-15)16(20)18-7-9-19(10-8-18)17(21)14-6-11-23-12-14/h2-6,11-12H,7-10H2,1H3. The lowest BCUT2D eigenvalue weighted by Crippen LogP contribution is -2.50. The van der Waals surface area contributed by atoms with Crippen molar-refractivity contribution in [2.24, 2.45) is 0 Å². The maximum Gasteiger partial charge on any atom is 0.254 e. The van der Waals surface area contributed by atoms with Crippen LogP contribution in [0.3, 0.4) is 0 Å². The SMILES string of the molecule is COc1ccc(C(=O)N2CCN(C(=O)c3ccsc3)CC2)cc1. The van der Waals surface area contributed by atoms with E-state index >= 15 is 0 Å². The smallest absolute Gasteiger partial charge is 0.254 e. The Hall–Kier alpha value is -2.34. The fourth-order valence-corrected chi connectivity index (χ4v) is 3.23. The third-order valence-corrected chi connectivity index (χ3v) is 4.64. The summed E-state index contributed by atoms with van der Waals surface area (Å²) in [6.07, 6.45) is 0. The molecule has 0 radical (unpaired) electrons. The van der Waals surface area contributed by atoms with Crippen LogP contribution >= 0.6 is 11.3 Å². The van der Waals surface area contributed by atoms with Gasteiger partial charge in [-0.25, -0.2) is 0 Å². The molecule has 2 amide bonds. The lowest BCUT2D eigenvalue weighted by atomic mass is 10.1. The molecule has 1 aliphatic heterocycles. The van der Waals surface area contributed by atoms with Gasteiger partial charge in [-0.2, -0.15) is 11.3 Å². The molecule has 1 aromatic carbocycles. The molecule has 120 valence electrons. The Kier molecular flexibility index (Phi) is 4.62. The van der Waals surface area contributed by atoms with Gasteiger partial charge in [0, 0.05) is 37.1 Å². The number of ether oxygens (including phenoxy) is 1. The molecule has 3 rings (SSSR count). The van der Waals surface area contributed by atoms with Crippen molar-refractivity contribution in [1.82, 2.24) is 9.80 Å². The number of nitrogens with zero attached hydrogens (tertiary/aromatic N) is 2. The predicted octanol–water partition coefficient (Wildman–Crippen LogP) is 2.35. The Morgan fingerprint density at radius 2 is 1.48 bits per heavy atom. The molecule has 1 aromatic heterocycles. The van der Waals surface area contributed by atoms with Crippen LogP contribution < -0.4 is 4.74 Å². The van der Waals surface area contributed by atoms with Crippen molar-refractivity contribution < 1.29 is 14.3 Å². The molecular formula is C17H18N2O3S. The average molecular weight is 330 g/mol. The molecule has 23 heavy (non-hydrogen) atoms. The predicted molar refractivity (Wildman–Crippen MR) is 89.1 cm³/mol. The van der Waals surface area contributed by atoms with Gasteiger partial charge in [-0.3, -0.25) is 9.59 Å². The van der Waals surface area contributed by atoms with Crippen LogP contribution in [0.2, 0.25) is 0 Å². The monoisotopic (exact) mass is 330 g/mol. The first kappa shape index (κ1) is 15.6. The van der Waals surface area contributed by atoms with E-state index in [1.807, 2.05) is 16.8 Å². The quantitative estimate of drug-likeness (QED) is 0.868. The number of amides is 2. The van der Waals surface area contributed by atoms with Gasteiger partial charge >= 0.3 is 0 Å². The number of methoxy groups -OCH3 is 1. The Morgan fingerprint density at radius 1 is 0.913 bits per heavy atom. The van der Waals surface area contributed by atoms with Crippen molar-refractivity contribution in [2.45, 2.75) is 0 Å². The molecule has 6 heteroatoms. The summed E-state index contributed by atoms with van der Waals surface area (Å²) in [5, 5.41) is 3.76. The molecule has 0 unspecified atom stereocenters. The Labute approximate surface area is 139 Å². The number of piperazine rings is 1. The molecular weight excluding hydrogens is 312 g/mol. The lowest BCUT2D eigenvalue weighted by molar-refractivity contribution is 0.0536. The minimum Gasteiger partial charge on any atom is -0.497 e. The van der Waals surface area contributed by atoms with Gasteiger partial charge in [0.1, 0.15) is 5.75 Å². The van der Waals surface area contributed by atoms with E-state index in [4.69, 9.17) is 4.74 Å². The van der Waals surface area contributed by atoms with Gasteiger partial charge in [-0.1, -0.05) is 0 Å². The van der Waals surface area contributed by atoms with Crippen LogP contribution in [-0.2, 0) is 0 Å². The van der Waals surface area contributed by atoms with Crippen LogP contribution in [0.5, 0.6) is 5.75 Å². The van der Waals surface area contributed by atoms with E-state index in [2.05, 4.69) is 0 Å². The summed E-state index contributed by atoms with van der Waals surface area (Å²) >= 11 is 1.52. The molecule has 5 nitrogen and oxygen atoms in total. The van der Waals surface area contributed by atoms with E-state index in [1.165, 1.54) is 11.3 Å². The minimum absolute atomic E-state index is 0.00437. The first-order valence-electron chi connectivity index (χ1n) is 7.44. The van der Waals surface area contributed by atoms with Gasteiger partial charge in [0.25, 0.3) is 11.8 Å². The molecule has 1 fully saturated rings. The van der Waals surface area contributed by atoms with Crippen molar-refractivity contribution in [3.05, 3.63) is 52.2 Å². The van der Waals surface area contributed by atoms with Crippen molar-refractivity contribution in [2.75, 3.05) is 33.3 Å². The number of carbonyl (C=O) groups excluding carboxylic acids is 2. The van der Waals surface area contributed by atoms with Crippen LogP contribution in [0, 0.1) is 0 Å². The van der Waals surface area contributed by atoms with Gasteiger partial charge in [0.05, 0.1) is 12.7 Å². The summed E-state index contributed by atoms with van der Waals surface area (Å²) in [5.41, 5.74) is 1.37. The van der Waals surface area contributed by atoms with E-state index in [9.17, 15) is 9.59 Å². The summed E-state index contributed by atoms with van der Waals surface area (Å²) in [5.74, 6) is 0.769. The second-order valence-corrected chi connectivity index (χ2v) is 6.10. The highest BCUT2D eigenvalue weighted by molar-refractivity contribution is 7.08. The summed E-state index contributed by atoms with van der Waals surface area (Å²) in [6.45, 7) is 2.24. The Morgan fingerprint density at radius 3 is 1.96 bits per heavy atom. The Balaban J connectivity index is 1.59. The molecule has 1 saturated heterocycles. The molecule has 0 spiro atoms. The largest absolute Gasteiger partial charge is 0.497 e. The average Bonchev–Trinajstić information content (AvgIpc) is 3.15. The van der Waals surface area contributed by atoms with Crippen molar-refractivity contribution in [3.8, 4) is 5.75 Å². The first-order chi connectivity index (χ1) is 11.2. The third kappa shape index (κ3) is 3.37. The van der Waals surface area contributed by atoms with Gasteiger partial charge in [-0.05, 0) is 35.7 Å². The second kappa shape index (κ2) is 6.83. The summed E-state index contributed by atoms with van der Waals surface area (Å²) in [7, 11) is 1.60. The molecule has 1 aliphatic rings. The van der Waals surface area contributed by atoms with Crippen LogP contribution in [0.1, 0.15) is 20.7 Å². The normalized spacial score (nSPS) is 14.7. The highest BCUT2D eigenvalue weighted by Gasteiger charge is 2.25. The number of rotatable bonds is 3. The zero-order chi connectivity index (χ0) is 16.2. The van der Waals surface area contributed by atoms with Gasteiger partial charge < -0.3 is 14.5 Å². The van der Waals surface area contributed by atoms with E-state index in [-0.39, 0.29) is 11.8 Å². The molecule has 0 bridgehead atoms. The fourth-order valence-electron chi connectivity index (χ4n) is 2.60. The number of hydrogen-bond acceptors (Lipinski definition) is 4. The highest BCUT2D eigenvalue weighted by atomic mass is 32.1. The molecule has 2 heterocycles. The van der Waals surface area contributed by atoms with Gasteiger partial charge in [-0.15, -0.1) is 0 Å². The summed E-state index contributed by atoms with van der Waals surface area (Å²) in [6, 6.07) is 8.93. The highest BCUT2D eigenvalue weighted by Crippen LogP contribution is 2.16. The number of thiophene rings is 1. The lowest BCUT2D eigenvalue weighted by Gasteiger charge is -2.34. The van der Waals surface area contributed by atoms with Crippen LogP contribution in [0.4, 0.5) is 0 Å². The van der Waals surface area contributed by atoms with Crippen molar-refractivity contribution >= 4 is 23.2 Å². The number of carbonyl (C=O) groups is 2. The summed E-state index contributed by atoms with van der Waals surface area (Å²) in [4.78, 5) is 28.4. The third-order valence-electron chi connectivity index (χ3n) is 3.96. The van der Waals surface area contributed by atoms with E-state index in [1.54, 1.807) is 41.2 Å². The number of hydrogen-bond donors (Lipinski definition) is 0. The number of benzene rings is 1. The van der Waals surface area contributed by atoms with Crippen LogP contribution in [0.25, 0.3) is 0 Å². The van der Waals surface area contributed by atoms with Crippen LogP contribution in [0.15, 0.2) is 41.1 Å². The van der Waals surface area contributed by atoms with Gasteiger partial charge in [0.15, 0.2) is 0 Å². The van der Waals surface area contributed by atoms with Gasteiger partial charge in [0.2, 0.25) is 0 Å². The minimum atomic E-state index is -0.00437. The maximum atomic E-state index is 12.5. The fraction of sp³-hybridized carbons (Fsp3) is 0.294. The van der Waals surface area contributed by atoms with Crippen molar-refractivity contribution in [1.29, 1.82) is 0 Å². The van der Waals surface area contributed by atoms with Crippen molar-refractivity contribution in [3.63, 3.8) is 0 Å². The Bertz CT molecular complexity index is 674. The molecule has 2 aromatic rings. The van der Waals surface area contributed by atoms with Crippen LogP contribution in [-0.4, -0.2) is 54.9 Å². The summed E-state index contributed by atoms with van der Waals surface area (Å²) < 4.78 is 5.10.